The molecule has 2 aliphatic carbocycles. The summed E-state index contributed by atoms with van der Waals surface area (Å²) in [6, 6.07) is 1.95. The van der Waals surface area contributed by atoms with Crippen molar-refractivity contribution in [2.75, 3.05) is 13.7 Å². The van der Waals surface area contributed by atoms with Gasteiger partial charge in [-0.05, 0) is 55.1 Å². The summed E-state index contributed by atoms with van der Waals surface area (Å²) in [5.41, 5.74) is 1.07. The molecular formula is C21H30O5. The predicted octanol–water partition coefficient (Wildman–Crippen LogP) is 3.11. The van der Waals surface area contributed by atoms with Gasteiger partial charge in [0.25, 0.3) is 0 Å². The molecule has 1 heterocycles. The molecule has 0 spiro atoms. The van der Waals surface area contributed by atoms with Gasteiger partial charge >= 0.3 is 5.97 Å². The van der Waals surface area contributed by atoms with Crippen LogP contribution in [0.2, 0.25) is 0 Å². The van der Waals surface area contributed by atoms with Crippen LogP contribution in [0.5, 0.6) is 0 Å². The van der Waals surface area contributed by atoms with E-state index in [-0.39, 0.29) is 29.8 Å². The largest absolute Gasteiger partial charge is 0.472 e. The molecule has 5 heteroatoms. The summed E-state index contributed by atoms with van der Waals surface area (Å²) in [6.07, 6.45) is 8.42. The van der Waals surface area contributed by atoms with E-state index in [0.717, 1.165) is 31.2 Å². The van der Waals surface area contributed by atoms with Gasteiger partial charge < -0.3 is 19.4 Å². The Hall–Kier alpha value is -1.59. The minimum Gasteiger partial charge on any atom is -0.472 e. The number of methoxy groups -OCH3 is 1. The van der Waals surface area contributed by atoms with E-state index in [4.69, 9.17) is 9.15 Å². The Balaban J connectivity index is 1.97. The van der Waals surface area contributed by atoms with Crippen molar-refractivity contribution < 1.29 is 24.2 Å². The van der Waals surface area contributed by atoms with Crippen LogP contribution in [0, 0.1) is 22.7 Å². The van der Waals surface area contributed by atoms with Gasteiger partial charge in [0.05, 0.1) is 25.7 Å². The second-order valence-electron chi connectivity index (χ2n) is 8.36. The van der Waals surface area contributed by atoms with Crippen LogP contribution in [-0.2, 0) is 16.0 Å². The molecule has 0 bridgehead atoms. The van der Waals surface area contributed by atoms with E-state index < -0.39 is 11.5 Å². The minimum absolute atomic E-state index is 0.0957. The molecule has 0 radical (unpaired) electrons. The number of hydrogen-bond donors (Lipinski definition) is 2. The van der Waals surface area contributed by atoms with Crippen molar-refractivity contribution in [3.63, 3.8) is 0 Å². The van der Waals surface area contributed by atoms with E-state index in [9.17, 15) is 15.0 Å². The molecule has 0 saturated heterocycles. The fourth-order valence-corrected chi connectivity index (χ4v) is 5.65. The Morgan fingerprint density at radius 3 is 2.81 bits per heavy atom. The molecule has 1 saturated carbocycles. The number of carbonyl (C=O) groups excluding carboxylic acids is 1. The molecule has 144 valence electrons. The van der Waals surface area contributed by atoms with Gasteiger partial charge in [0.15, 0.2) is 0 Å². The number of aliphatic hydroxyl groups excluding tert-OH is 2. The smallest absolute Gasteiger partial charge is 0.333 e. The lowest BCUT2D eigenvalue weighted by atomic mass is 9.46. The highest BCUT2D eigenvalue weighted by molar-refractivity contribution is 5.90. The average molecular weight is 362 g/mol. The number of fused-ring (bicyclic) bond motifs is 1. The monoisotopic (exact) mass is 362 g/mol. The van der Waals surface area contributed by atoms with Crippen molar-refractivity contribution in [3.8, 4) is 0 Å². The zero-order valence-electron chi connectivity index (χ0n) is 15.9. The minimum atomic E-state index is -0.530. The first-order valence-corrected chi connectivity index (χ1v) is 9.45. The first-order chi connectivity index (χ1) is 12.4. The number of aliphatic hydroxyl groups is 2. The van der Waals surface area contributed by atoms with Crippen LogP contribution in [-0.4, -0.2) is 36.0 Å². The van der Waals surface area contributed by atoms with Crippen LogP contribution >= 0.6 is 0 Å². The maximum Gasteiger partial charge on any atom is 0.333 e. The molecular weight excluding hydrogens is 332 g/mol. The van der Waals surface area contributed by atoms with Crippen molar-refractivity contribution in [2.24, 2.45) is 22.7 Å². The summed E-state index contributed by atoms with van der Waals surface area (Å²) in [4.78, 5) is 12.4. The first kappa shape index (κ1) is 19.2. The lowest BCUT2D eigenvalue weighted by Gasteiger charge is -2.59. The number of furan rings is 1. The zero-order chi connectivity index (χ0) is 18.9. The van der Waals surface area contributed by atoms with Crippen LogP contribution in [0.15, 0.2) is 34.7 Å². The lowest BCUT2D eigenvalue weighted by molar-refractivity contribution is -0.148. The van der Waals surface area contributed by atoms with E-state index in [1.54, 1.807) is 12.5 Å². The van der Waals surface area contributed by atoms with Crippen LogP contribution in [0.3, 0.4) is 0 Å². The normalized spacial score (nSPS) is 37.0. The molecule has 1 aromatic rings. The highest BCUT2D eigenvalue weighted by Gasteiger charge is 2.59. The van der Waals surface area contributed by atoms with Gasteiger partial charge in [-0.15, -0.1) is 0 Å². The number of rotatable bonds is 5. The van der Waals surface area contributed by atoms with Crippen LogP contribution in [0.4, 0.5) is 0 Å². The maximum atomic E-state index is 12.4. The van der Waals surface area contributed by atoms with Crippen molar-refractivity contribution in [3.05, 3.63) is 35.8 Å². The molecule has 1 fully saturated rings. The zero-order valence-corrected chi connectivity index (χ0v) is 15.9. The summed E-state index contributed by atoms with van der Waals surface area (Å²) in [6.45, 7) is 4.34. The Bertz CT molecular complexity index is 664. The molecule has 0 aromatic carbocycles. The average Bonchev–Trinajstić information content (AvgIpc) is 3.13. The van der Waals surface area contributed by atoms with Crippen molar-refractivity contribution in [1.82, 2.24) is 0 Å². The van der Waals surface area contributed by atoms with E-state index in [1.165, 1.54) is 7.11 Å². The molecule has 5 atom stereocenters. The van der Waals surface area contributed by atoms with E-state index in [2.05, 4.69) is 13.8 Å². The van der Waals surface area contributed by atoms with Gasteiger partial charge in [-0.2, -0.15) is 0 Å². The van der Waals surface area contributed by atoms with Crippen LogP contribution in [0.25, 0.3) is 0 Å². The van der Waals surface area contributed by atoms with Gasteiger partial charge in [0, 0.05) is 23.5 Å². The van der Waals surface area contributed by atoms with E-state index in [1.807, 2.05) is 12.1 Å². The number of hydrogen-bond acceptors (Lipinski definition) is 5. The number of aryl methyl sites for hydroxylation is 1. The van der Waals surface area contributed by atoms with Crippen molar-refractivity contribution in [2.45, 2.75) is 52.1 Å². The predicted molar refractivity (Wildman–Crippen MR) is 97.3 cm³/mol. The number of carbonyl (C=O) groups is 1. The Labute approximate surface area is 155 Å². The molecule has 0 aliphatic heterocycles. The van der Waals surface area contributed by atoms with Gasteiger partial charge in [0.2, 0.25) is 0 Å². The summed E-state index contributed by atoms with van der Waals surface area (Å²) < 4.78 is 10.2. The summed E-state index contributed by atoms with van der Waals surface area (Å²) in [5, 5.41) is 21.0. The molecule has 26 heavy (non-hydrogen) atoms. The molecule has 3 rings (SSSR count). The summed E-state index contributed by atoms with van der Waals surface area (Å²) >= 11 is 0. The summed E-state index contributed by atoms with van der Waals surface area (Å²) in [7, 11) is 1.41. The second-order valence-corrected chi connectivity index (χ2v) is 8.36. The molecule has 0 amide bonds. The Morgan fingerprint density at radius 1 is 1.42 bits per heavy atom. The first-order valence-electron chi connectivity index (χ1n) is 9.45. The summed E-state index contributed by atoms with van der Waals surface area (Å²) in [5.74, 6) is -0.310. The van der Waals surface area contributed by atoms with Crippen LogP contribution < -0.4 is 0 Å². The maximum absolute atomic E-state index is 12.4. The number of esters is 1. The van der Waals surface area contributed by atoms with Gasteiger partial charge in [-0.3, -0.25) is 0 Å². The quantitative estimate of drug-likeness (QED) is 0.787. The van der Waals surface area contributed by atoms with Crippen molar-refractivity contribution >= 4 is 5.97 Å². The van der Waals surface area contributed by atoms with Crippen molar-refractivity contribution in [1.29, 1.82) is 0 Å². The molecule has 2 N–H and O–H groups in total. The third kappa shape index (κ3) is 3.01. The fourth-order valence-electron chi connectivity index (χ4n) is 5.65. The van der Waals surface area contributed by atoms with Crippen LogP contribution in [0.1, 0.15) is 45.1 Å². The highest BCUT2D eigenvalue weighted by atomic mass is 16.5. The molecule has 0 unspecified atom stereocenters. The molecule has 1 aromatic heterocycles. The fraction of sp³-hybridized carbons (Fsp3) is 0.667. The Kier molecular flexibility index (Phi) is 5.31. The standard InChI is InChI=1S/C21H30O5/c1-20(9-6-14-8-11-26-13-14)15(12-22)7-10-21(2)16(19(24)25-3)4-5-17(23)18(20)21/h4,8,11,13,15,17-18,22-23H,5-7,9-10,12H2,1-3H3/t15-,17-,18+,20-,21-/m0/s1. The van der Waals surface area contributed by atoms with Gasteiger partial charge in [-0.1, -0.05) is 19.9 Å². The third-order valence-corrected chi connectivity index (χ3v) is 7.06. The molecule has 5 nitrogen and oxygen atoms in total. The van der Waals surface area contributed by atoms with E-state index >= 15 is 0 Å². The van der Waals surface area contributed by atoms with E-state index in [0.29, 0.717) is 12.0 Å². The lowest BCUT2D eigenvalue weighted by Crippen LogP contribution is -2.57. The Morgan fingerprint density at radius 2 is 2.19 bits per heavy atom. The SMILES string of the molecule is COC(=O)C1=CC[C@H](O)[C@@H]2[C@@](C)(CCc3ccoc3)[C@H](CO)CC[C@@]12C. The second kappa shape index (κ2) is 7.20. The van der Waals surface area contributed by atoms with Gasteiger partial charge in [-0.25, -0.2) is 4.79 Å². The topological polar surface area (TPSA) is 79.9 Å². The molecule has 2 aliphatic rings. The highest BCUT2D eigenvalue weighted by Crippen LogP contribution is 2.61. The number of ether oxygens (including phenoxy) is 1. The van der Waals surface area contributed by atoms with Gasteiger partial charge in [0.1, 0.15) is 0 Å². The third-order valence-electron chi connectivity index (χ3n) is 7.06.